The van der Waals surface area contributed by atoms with Crippen molar-refractivity contribution in [1.82, 2.24) is 0 Å². The van der Waals surface area contributed by atoms with E-state index >= 15 is 0 Å². The van der Waals surface area contributed by atoms with E-state index in [0.29, 0.717) is 5.56 Å². The van der Waals surface area contributed by atoms with Gasteiger partial charge in [-0.2, -0.15) is 0 Å². The summed E-state index contributed by atoms with van der Waals surface area (Å²) < 4.78 is 0. The largest absolute Gasteiger partial charge is 0.478 e. The van der Waals surface area contributed by atoms with Crippen LogP contribution in [-0.4, -0.2) is 16.6 Å². The third-order valence-corrected chi connectivity index (χ3v) is 2.86. The number of aromatic carboxylic acids is 1. The maximum Gasteiger partial charge on any atom is 0.337 e. The molecule has 15 heavy (non-hydrogen) atoms. The second-order valence-corrected chi connectivity index (χ2v) is 4.65. The number of carboxylic acids is 1. The molecule has 2 rings (SSSR count). The minimum atomic E-state index is -0.864. The number of hydrogen-bond donors (Lipinski definition) is 2. The van der Waals surface area contributed by atoms with Gasteiger partial charge in [0.1, 0.15) is 0 Å². The molecule has 1 aliphatic rings. The van der Waals surface area contributed by atoms with Gasteiger partial charge in [0.2, 0.25) is 0 Å². The molecule has 1 aliphatic heterocycles. The van der Waals surface area contributed by atoms with Gasteiger partial charge in [0.15, 0.2) is 0 Å². The molecule has 0 saturated heterocycles. The van der Waals surface area contributed by atoms with E-state index in [-0.39, 0.29) is 5.54 Å². The van der Waals surface area contributed by atoms with E-state index in [9.17, 15) is 4.79 Å². The number of anilines is 1. The van der Waals surface area contributed by atoms with E-state index in [2.05, 4.69) is 19.2 Å². The average molecular weight is 205 g/mol. The summed E-state index contributed by atoms with van der Waals surface area (Å²) in [5.41, 5.74) is 2.26. The summed E-state index contributed by atoms with van der Waals surface area (Å²) >= 11 is 0. The molecule has 0 bridgehead atoms. The fraction of sp³-hybridized carbons (Fsp3) is 0.417. The van der Waals surface area contributed by atoms with Gasteiger partial charge >= 0.3 is 5.97 Å². The lowest BCUT2D eigenvalue weighted by Crippen LogP contribution is -2.36. The highest BCUT2D eigenvalue weighted by Crippen LogP contribution is 2.32. The molecule has 0 atom stereocenters. The molecule has 80 valence electrons. The maximum atomic E-state index is 11.0. The summed E-state index contributed by atoms with van der Waals surface area (Å²) in [7, 11) is 0. The molecule has 1 aromatic carbocycles. The van der Waals surface area contributed by atoms with Crippen LogP contribution in [0, 0.1) is 0 Å². The molecule has 0 spiro atoms. The van der Waals surface area contributed by atoms with Crippen molar-refractivity contribution in [3.8, 4) is 0 Å². The zero-order valence-corrected chi connectivity index (χ0v) is 9.00. The van der Waals surface area contributed by atoms with Crippen LogP contribution in [-0.2, 0) is 6.42 Å². The summed E-state index contributed by atoms with van der Waals surface area (Å²) in [5.74, 6) is -0.864. The topological polar surface area (TPSA) is 49.3 Å². The predicted octanol–water partition coefficient (Wildman–Crippen LogP) is 2.52. The van der Waals surface area contributed by atoms with Gasteiger partial charge in [-0.1, -0.05) is 12.1 Å². The van der Waals surface area contributed by atoms with Crippen molar-refractivity contribution in [3.05, 3.63) is 29.3 Å². The van der Waals surface area contributed by atoms with Crippen molar-refractivity contribution in [1.29, 1.82) is 0 Å². The van der Waals surface area contributed by atoms with E-state index < -0.39 is 5.97 Å². The number of carbonyl (C=O) groups is 1. The van der Waals surface area contributed by atoms with Crippen LogP contribution in [0.1, 0.15) is 36.2 Å². The van der Waals surface area contributed by atoms with Gasteiger partial charge in [-0.3, -0.25) is 0 Å². The number of aryl methyl sites for hydroxylation is 1. The third kappa shape index (κ3) is 1.82. The molecule has 0 amide bonds. The molecule has 0 aliphatic carbocycles. The second kappa shape index (κ2) is 3.26. The summed E-state index contributed by atoms with van der Waals surface area (Å²) in [4.78, 5) is 11.0. The quantitative estimate of drug-likeness (QED) is 0.740. The number of hydrogen-bond acceptors (Lipinski definition) is 2. The predicted molar refractivity (Wildman–Crippen MR) is 59.4 cm³/mol. The highest BCUT2D eigenvalue weighted by molar-refractivity contribution is 5.95. The minimum Gasteiger partial charge on any atom is -0.478 e. The molecule has 0 fully saturated rings. The molecule has 3 heteroatoms. The van der Waals surface area contributed by atoms with Crippen LogP contribution in [0.2, 0.25) is 0 Å². The minimum absolute atomic E-state index is 0.0153. The first kappa shape index (κ1) is 10.0. The van der Waals surface area contributed by atoms with E-state index in [4.69, 9.17) is 5.11 Å². The molecule has 3 nitrogen and oxygen atoms in total. The Kier molecular flexibility index (Phi) is 2.18. The molecular formula is C12H15NO2. The van der Waals surface area contributed by atoms with Gasteiger partial charge in [0.25, 0.3) is 0 Å². The van der Waals surface area contributed by atoms with Crippen molar-refractivity contribution >= 4 is 11.7 Å². The van der Waals surface area contributed by atoms with Crippen LogP contribution in [0.25, 0.3) is 0 Å². The van der Waals surface area contributed by atoms with E-state index in [1.807, 2.05) is 12.1 Å². The maximum absolute atomic E-state index is 11.0. The normalized spacial score (nSPS) is 17.7. The highest BCUT2D eigenvalue weighted by atomic mass is 16.4. The Morgan fingerprint density at radius 2 is 2.20 bits per heavy atom. The summed E-state index contributed by atoms with van der Waals surface area (Å²) in [6, 6.07) is 5.45. The Hall–Kier alpha value is -1.51. The van der Waals surface area contributed by atoms with Crippen molar-refractivity contribution in [2.24, 2.45) is 0 Å². The van der Waals surface area contributed by atoms with Crippen LogP contribution < -0.4 is 5.32 Å². The molecular weight excluding hydrogens is 190 g/mol. The van der Waals surface area contributed by atoms with Gasteiger partial charge < -0.3 is 10.4 Å². The van der Waals surface area contributed by atoms with Crippen LogP contribution in [0.15, 0.2) is 18.2 Å². The highest BCUT2D eigenvalue weighted by Gasteiger charge is 2.27. The Morgan fingerprint density at radius 1 is 1.47 bits per heavy atom. The summed E-state index contributed by atoms with van der Waals surface area (Å²) in [5, 5.41) is 12.4. The molecule has 0 saturated carbocycles. The van der Waals surface area contributed by atoms with E-state index in [1.165, 1.54) is 0 Å². The van der Waals surface area contributed by atoms with Crippen LogP contribution in [0.3, 0.4) is 0 Å². The molecule has 0 radical (unpaired) electrons. The number of para-hydroxylation sites is 1. The van der Waals surface area contributed by atoms with Crippen molar-refractivity contribution in [2.45, 2.75) is 32.2 Å². The lowest BCUT2D eigenvalue weighted by atomic mass is 9.88. The van der Waals surface area contributed by atoms with E-state index in [1.54, 1.807) is 6.07 Å². The Balaban J connectivity index is 2.50. The fourth-order valence-corrected chi connectivity index (χ4v) is 1.98. The van der Waals surface area contributed by atoms with Gasteiger partial charge in [-0.25, -0.2) is 4.79 Å². The lowest BCUT2D eigenvalue weighted by Gasteiger charge is -2.34. The SMILES string of the molecule is CC1(C)CCc2cccc(C(=O)O)c2N1. The standard InChI is InChI=1S/C12H15NO2/c1-12(2)7-6-8-4-3-5-9(11(14)15)10(8)13-12/h3-5,13H,6-7H2,1-2H3,(H,14,15). The Morgan fingerprint density at radius 3 is 2.87 bits per heavy atom. The van der Waals surface area contributed by atoms with Crippen molar-refractivity contribution in [2.75, 3.05) is 5.32 Å². The van der Waals surface area contributed by atoms with Gasteiger partial charge in [0, 0.05) is 5.54 Å². The number of fused-ring (bicyclic) bond motifs is 1. The van der Waals surface area contributed by atoms with Crippen molar-refractivity contribution < 1.29 is 9.90 Å². The van der Waals surface area contributed by atoms with Gasteiger partial charge in [-0.05, 0) is 38.3 Å². The lowest BCUT2D eigenvalue weighted by molar-refractivity contribution is 0.0697. The summed E-state index contributed by atoms with van der Waals surface area (Å²) in [6.45, 7) is 4.18. The first-order chi connectivity index (χ1) is 6.99. The molecule has 2 N–H and O–H groups in total. The third-order valence-electron chi connectivity index (χ3n) is 2.86. The van der Waals surface area contributed by atoms with Gasteiger partial charge in [0.05, 0.1) is 11.3 Å². The Bertz CT molecular complexity index is 410. The number of rotatable bonds is 1. The Labute approximate surface area is 89.1 Å². The monoisotopic (exact) mass is 205 g/mol. The second-order valence-electron chi connectivity index (χ2n) is 4.65. The van der Waals surface area contributed by atoms with Crippen molar-refractivity contribution in [3.63, 3.8) is 0 Å². The molecule has 1 aromatic rings. The van der Waals surface area contributed by atoms with Crippen LogP contribution in [0.5, 0.6) is 0 Å². The fourth-order valence-electron chi connectivity index (χ4n) is 1.98. The first-order valence-corrected chi connectivity index (χ1v) is 5.13. The average Bonchev–Trinajstić information content (AvgIpc) is 2.15. The smallest absolute Gasteiger partial charge is 0.337 e. The van der Waals surface area contributed by atoms with E-state index in [0.717, 1.165) is 24.1 Å². The van der Waals surface area contributed by atoms with Crippen LogP contribution in [0.4, 0.5) is 5.69 Å². The zero-order valence-electron chi connectivity index (χ0n) is 9.00. The van der Waals surface area contributed by atoms with Gasteiger partial charge in [-0.15, -0.1) is 0 Å². The molecule has 1 heterocycles. The molecule has 0 aromatic heterocycles. The first-order valence-electron chi connectivity index (χ1n) is 5.13. The van der Waals surface area contributed by atoms with Crippen LogP contribution >= 0.6 is 0 Å². The number of carboxylic acid groups (broad SMARTS) is 1. The summed E-state index contributed by atoms with van der Waals surface area (Å²) in [6.07, 6.45) is 1.97. The number of nitrogens with one attached hydrogen (secondary N) is 1. The molecule has 0 unspecified atom stereocenters. The number of benzene rings is 1. The zero-order chi connectivity index (χ0) is 11.1.